The zero-order valence-electron chi connectivity index (χ0n) is 21.4. The number of allylic oxidation sites excluding steroid dienone is 1. The maximum atomic E-state index is 12.6. The quantitative estimate of drug-likeness (QED) is 0.115. The van der Waals surface area contributed by atoms with Gasteiger partial charge in [0.05, 0.1) is 11.7 Å². The lowest BCUT2D eigenvalue weighted by molar-refractivity contribution is -0.138. The topological polar surface area (TPSA) is 114 Å². The van der Waals surface area contributed by atoms with Gasteiger partial charge in [0.25, 0.3) is 0 Å². The van der Waals surface area contributed by atoms with Crippen LogP contribution in [0.2, 0.25) is 0 Å². The number of carbonyl (C=O) groups excluding carboxylic acids is 2. The zero-order valence-corrected chi connectivity index (χ0v) is 21.4. The largest absolute Gasteiger partial charge is 0.459 e. The number of hydrogen-bond acceptors (Lipinski definition) is 7. The van der Waals surface area contributed by atoms with Crippen molar-refractivity contribution in [2.24, 2.45) is 0 Å². The van der Waals surface area contributed by atoms with Crippen molar-refractivity contribution in [3.05, 3.63) is 77.9 Å². The second-order valence-electron chi connectivity index (χ2n) is 9.38. The summed E-state index contributed by atoms with van der Waals surface area (Å²) >= 11 is 0. The van der Waals surface area contributed by atoms with Crippen LogP contribution < -0.4 is 11.5 Å². The fourth-order valence-corrected chi connectivity index (χ4v) is 4.28. The van der Waals surface area contributed by atoms with Crippen molar-refractivity contribution in [1.29, 1.82) is 0 Å². The van der Waals surface area contributed by atoms with Gasteiger partial charge in [0.15, 0.2) is 0 Å². The number of nitrogen functional groups attached to an aromatic ring is 2. The van der Waals surface area contributed by atoms with E-state index in [-0.39, 0.29) is 24.8 Å². The number of esters is 2. The van der Waals surface area contributed by atoms with Crippen molar-refractivity contribution in [1.82, 2.24) is 0 Å². The van der Waals surface area contributed by atoms with E-state index in [2.05, 4.69) is 6.58 Å². The molecule has 1 fully saturated rings. The van der Waals surface area contributed by atoms with E-state index in [1.165, 1.54) is 12.5 Å². The minimum Gasteiger partial charge on any atom is -0.459 e. The van der Waals surface area contributed by atoms with Crippen molar-refractivity contribution in [3.8, 4) is 0 Å². The van der Waals surface area contributed by atoms with Crippen LogP contribution in [0.15, 0.2) is 61.2 Å². The van der Waals surface area contributed by atoms with Gasteiger partial charge in [0.2, 0.25) is 0 Å². The molecule has 0 unspecified atom stereocenters. The number of carbonyl (C=O) groups is 2. The number of unbranched alkanes of at least 4 members (excludes halogenated alkanes) is 3. The summed E-state index contributed by atoms with van der Waals surface area (Å²) in [6.45, 7) is 4.61. The summed E-state index contributed by atoms with van der Waals surface area (Å²) < 4.78 is 16.9. The molecule has 0 bridgehead atoms. The van der Waals surface area contributed by atoms with E-state index in [1.54, 1.807) is 48.5 Å². The van der Waals surface area contributed by atoms with Crippen LogP contribution in [0.5, 0.6) is 0 Å². The highest BCUT2D eigenvalue weighted by Gasteiger charge is 2.24. The van der Waals surface area contributed by atoms with Crippen molar-refractivity contribution in [2.45, 2.75) is 70.2 Å². The van der Waals surface area contributed by atoms with Crippen molar-refractivity contribution < 1.29 is 23.8 Å². The van der Waals surface area contributed by atoms with Crippen LogP contribution >= 0.6 is 0 Å². The molecule has 1 aliphatic carbocycles. The van der Waals surface area contributed by atoms with Gasteiger partial charge in [-0.25, -0.2) is 9.59 Å². The zero-order chi connectivity index (χ0) is 26.5. The SMILES string of the molecule is C=CCCCCCOC1CCC(OC(=O)c2ccc(C=CC(=O)OCc3cc(N)cc(N)c3)cc2)CC1. The molecule has 198 valence electrons. The summed E-state index contributed by atoms with van der Waals surface area (Å²) in [4.78, 5) is 24.6. The number of rotatable bonds is 13. The van der Waals surface area contributed by atoms with Crippen LogP contribution in [0.25, 0.3) is 6.08 Å². The highest BCUT2D eigenvalue weighted by molar-refractivity contribution is 5.90. The molecule has 2 aromatic carbocycles. The number of anilines is 2. The Morgan fingerprint density at radius 1 is 0.919 bits per heavy atom. The number of nitrogens with two attached hydrogens (primary N) is 2. The smallest absolute Gasteiger partial charge is 0.338 e. The van der Waals surface area contributed by atoms with E-state index in [4.69, 9.17) is 25.7 Å². The van der Waals surface area contributed by atoms with Crippen LogP contribution in [0, 0.1) is 0 Å². The van der Waals surface area contributed by atoms with Crippen molar-refractivity contribution >= 4 is 29.4 Å². The molecule has 7 heteroatoms. The Labute approximate surface area is 219 Å². The Bertz CT molecular complexity index is 1040. The molecule has 2 aromatic rings. The minimum atomic E-state index is -0.489. The third-order valence-corrected chi connectivity index (χ3v) is 6.28. The lowest BCUT2D eigenvalue weighted by Crippen LogP contribution is -2.28. The molecule has 0 amide bonds. The Hall–Kier alpha value is -3.58. The van der Waals surface area contributed by atoms with Gasteiger partial charge in [-0.15, -0.1) is 6.58 Å². The molecular weight excluding hydrogens is 468 g/mol. The summed E-state index contributed by atoms with van der Waals surface area (Å²) in [6.07, 6.45) is 13.0. The van der Waals surface area contributed by atoms with E-state index >= 15 is 0 Å². The summed E-state index contributed by atoms with van der Waals surface area (Å²) in [5.41, 5.74) is 14.5. The Kier molecular flexibility index (Phi) is 11.2. The first kappa shape index (κ1) is 28.0. The average molecular weight is 507 g/mol. The second-order valence-corrected chi connectivity index (χ2v) is 9.38. The lowest BCUT2D eigenvalue weighted by atomic mass is 9.95. The first-order chi connectivity index (χ1) is 17.9. The van der Waals surface area contributed by atoms with E-state index in [1.807, 2.05) is 6.08 Å². The summed E-state index contributed by atoms with van der Waals surface area (Å²) in [7, 11) is 0. The fourth-order valence-electron chi connectivity index (χ4n) is 4.28. The third kappa shape index (κ3) is 10.1. The van der Waals surface area contributed by atoms with Crippen molar-refractivity contribution in [2.75, 3.05) is 18.1 Å². The number of benzene rings is 2. The molecule has 1 saturated carbocycles. The standard InChI is InChI=1S/C30H38N2O5/c1-2-3-4-5-6-17-35-27-12-14-28(15-13-27)37-30(34)24-10-7-22(8-11-24)9-16-29(33)36-21-23-18-25(31)20-26(32)19-23/h2,7-11,16,18-20,27-28H,1,3-6,12-15,17,21,31-32H2. The Morgan fingerprint density at radius 2 is 1.59 bits per heavy atom. The molecule has 0 radical (unpaired) electrons. The molecule has 1 aliphatic rings. The predicted molar refractivity (Wildman–Crippen MR) is 147 cm³/mol. The van der Waals surface area contributed by atoms with Gasteiger partial charge in [-0.2, -0.15) is 0 Å². The van der Waals surface area contributed by atoms with E-state index in [0.717, 1.165) is 62.7 Å². The highest BCUT2D eigenvalue weighted by atomic mass is 16.5. The summed E-state index contributed by atoms with van der Waals surface area (Å²) in [5, 5.41) is 0. The van der Waals surface area contributed by atoms with Gasteiger partial charge >= 0.3 is 11.9 Å². The molecule has 0 heterocycles. The molecule has 0 aliphatic heterocycles. The molecule has 37 heavy (non-hydrogen) atoms. The third-order valence-electron chi connectivity index (χ3n) is 6.28. The predicted octanol–water partition coefficient (Wildman–Crippen LogP) is 5.84. The maximum Gasteiger partial charge on any atom is 0.338 e. The van der Waals surface area contributed by atoms with Gasteiger partial charge in [-0.1, -0.05) is 24.6 Å². The van der Waals surface area contributed by atoms with E-state index < -0.39 is 5.97 Å². The molecule has 3 rings (SSSR count). The van der Waals surface area contributed by atoms with Crippen LogP contribution in [0.1, 0.15) is 72.9 Å². The first-order valence-corrected chi connectivity index (χ1v) is 13.0. The molecule has 0 atom stereocenters. The second kappa shape index (κ2) is 14.9. The number of hydrogen-bond donors (Lipinski definition) is 2. The lowest BCUT2D eigenvalue weighted by Gasteiger charge is -2.28. The fraction of sp³-hybridized carbons (Fsp3) is 0.400. The average Bonchev–Trinajstić information content (AvgIpc) is 2.89. The molecule has 4 N–H and O–H groups in total. The maximum absolute atomic E-state index is 12.6. The van der Waals surface area contributed by atoms with Crippen molar-refractivity contribution in [3.63, 3.8) is 0 Å². The van der Waals surface area contributed by atoms with Gasteiger partial charge in [-0.05, 0) is 92.5 Å². The van der Waals surface area contributed by atoms with Crippen LogP contribution in [-0.2, 0) is 25.6 Å². The van der Waals surface area contributed by atoms with Gasteiger partial charge in [0, 0.05) is 24.1 Å². The van der Waals surface area contributed by atoms with Gasteiger partial charge < -0.3 is 25.7 Å². The van der Waals surface area contributed by atoms with Crippen LogP contribution in [0.4, 0.5) is 11.4 Å². The normalized spacial score (nSPS) is 17.4. The van der Waals surface area contributed by atoms with Crippen LogP contribution in [-0.4, -0.2) is 30.8 Å². The highest BCUT2D eigenvalue weighted by Crippen LogP contribution is 2.25. The monoisotopic (exact) mass is 506 g/mol. The molecule has 0 spiro atoms. The van der Waals surface area contributed by atoms with E-state index in [9.17, 15) is 9.59 Å². The van der Waals surface area contributed by atoms with Gasteiger partial charge in [0.1, 0.15) is 12.7 Å². The molecule has 7 nitrogen and oxygen atoms in total. The minimum absolute atomic E-state index is 0.0767. The molecule has 0 saturated heterocycles. The summed E-state index contributed by atoms with van der Waals surface area (Å²) in [5.74, 6) is -0.820. The first-order valence-electron chi connectivity index (χ1n) is 13.0. The Morgan fingerprint density at radius 3 is 2.27 bits per heavy atom. The molecular formula is C30H38N2O5. The van der Waals surface area contributed by atoms with Crippen LogP contribution in [0.3, 0.4) is 0 Å². The van der Waals surface area contributed by atoms with E-state index in [0.29, 0.717) is 16.9 Å². The number of ether oxygens (including phenoxy) is 3. The van der Waals surface area contributed by atoms with Gasteiger partial charge in [-0.3, -0.25) is 0 Å². The summed E-state index contributed by atoms with van der Waals surface area (Å²) in [6, 6.07) is 12.0. The molecule has 0 aromatic heterocycles. The Balaban J connectivity index is 1.36.